The number of fused-ring (bicyclic) bond motifs is 1. The van der Waals surface area contributed by atoms with E-state index in [-0.39, 0.29) is 0 Å². The first-order valence-corrected chi connectivity index (χ1v) is 4.54. The molecule has 72 valence electrons. The lowest BCUT2D eigenvalue weighted by Gasteiger charge is -2.16. The van der Waals surface area contributed by atoms with Gasteiger partial charge in [0, 0.05) is 12.7 Å². The van der Waals surface area contributed by atoms with Crippen LogP contribution in [0, 0.1) is 0 Å². The molecule has 0 fully saturated rings. The summed E-state index contributed by atoms with van der Waals surface area (Å²) >= 11 is 0. The Bertz CT molecular complexity index is 446. The number of rotatable bonds is 3. The van der Waals surface area contributed by atoms with E-state index < -0.39 is 0 Å². The molecule has 0 spiro atoms. The summed E-state index contributed by atoms with van der Waals surface area (Å²) in [4.78, 5) is 13.4. The molecule has 0 saturated heterocycles. The van der Waals surface area contributed by atoms with Crippen molar-refractivity contribution in [1.82, 2.24) is 15.0 Å². The van der Waals surface area contributed by atoms with Crippen LogP contribution >= 0.6 is 0 Å². The average molecular weight is 188 g/mol. The van der Waals surface area contributed by atoms with E-state index >= 15 is 0 Å². The van der Waals surface area contributed by atoms with Gasteiger partial charge in [-0.25, -0.2) is 9.97 Å². The number of hydrogen-bond acceptors (Lipinski definition) is 3. The molecular formula is C10H12N4. The van der Waals surface area contributed by atoms with E-state index in [9.17, 15) is 0 Å². The zero-order valence-corrected chi connectivity index (χ0v) is 8.07. The van der Waals surface area contributed by atoms with Gasteiger partial charge < -0.3 is 9.88 Å². The summed E-state index contributed by atoms with van der Waals surface area (Å²) in [5.74, 6) is 0.897. The fourth-order valence-corrected chi connectivity index (χ4v) is 1.45. The number of H-pyrrole nitrogens is 1. The van der Waals surface area contributed by atoms with Crippen LogP contribution in [-0.2, 0) is 0 Å². The van der Waals surface area contributed by atoms with Gasteiger partial charge in [0.2, 0.25) is 0 Å². The van der Waals surface area contributed by atoms with Crippen molar-refractivity contribution in [2.75, 3.05) is 11.4 Å². The molecule has 1 N–H and O–H groups in total. The Kier molecular flexibility index (Phi) is 2.18. The zero-order chi connectivity index (χ0) is 9.97. The third-order valence-corrected chi connectivity index (χ3v) is 2.17. The van der Waals surface area contributed by atoms with Crippen molar-refractivity contribution in [3.05, 3.63) is 31.4 Å². The fraction of sp³-hybridized carbons (Fsp3) is 0.200. The summed E-state index contributed by atoms with van der Waals surface area (Å²) in [6.45, 7) is 6.66. The van der Waals surface area contributed by atoms with E-state index in [1.54, 1.807) is 12.5 Å². The molecule has 4 heteroatoms. The quantitative estimate of drug-likeness (QED) is 0.800. The van der Waals surface area contributed by atoms with E-state index in [0.29, 0.717) is 0 Å². The summed E-state index contributed by atoms with van der Waals surface area (Å²) in [6, 6.07) is 1.97. The maximum Gasteiger partial charge on any atom is 0.145 e. The van der Waals surface area contributed by atoms with Crippen molar-refractivity contribution < 1.29 is 0 Å². The van der Waals surface area contributed by atoms with E-state index in [1.807, 2.05) is 17.2 Å². The molecule has 0 bridgehead atoms. The van der Waals surface area contributed by atoms with Crippen LogP contribution in [0.3, 0.4) is 0 Å². The SMILES string of the molecule is C=CN(CC)c1ncnc2[nH]ccc12. The highest BCUT2D eigenvalue weighted by Crippen LogP contribution is 2.21. The molecule has 0 saturated carbocycles. The van der Waals surface area contributed by atoms with E-state index in [0.717, 1.165) is 23.4 Å². The van der Waals surface area contributed by atoms with Crippen molar-refractivity contribution in [2.24, 2.45) is 0 Å². The number of nitrogens with one attached hydrogen (secondary N) is 1. The molecule has 2 heterocycles. The molecule has 0 aliphatic carbocycles. The molecule has 0 amide bonds. The molecule has 0 unspecified atom stereocenters. The maximum absolute atomic E-state index is 4.24. The van der Waals surface area contributed by atoms with Crippen LogP contribution in [0.5, 0.6) is 0 Å². The normalized spacial score (nSPS) is 10.4. The predicted octanol–water partition coefficient (Wildman–Crippen LogP) is 1.93. The molecule has 0 aliphatic heterocycles. The Morgan fingerprint density at radius 1 is 1.57 bits per heavy atom. The van der Waals surface area contributed by atoms with Gasteiger partial charge >= 0.3 is 0 Å². The van der Waals surface area contributed by atoms with Crippen LogP contribution in [0.1, 0.15) is 6.92 Å². The number of nitrogens with zero attached hydrogens (tertiary/aromatic N) is 3. The molecule has 14 heavy (non-hydrogen) atoms. The smallest absolute Gasteiger partial charge is 0.145 e. The van der Waals surface area contributed by atoms with E-state index in [4.69, 9.17) is 0 Å². The summed E-state index contributed by atoms with van der Waals surface area (Å²) in [5.41, 5.74) is 0.857. The second-order valence-electron chi connectivity index (χ2n) is 2.91. The van der Waals surface area contributed by atoms with Gasteiger partial charge in [0.15, 0.2) is 0 Å². The van der Waals surface area contributed by atoms with Crippen molar-refractivity contribution >= 4 is 16.9 Å². The third-order valence-electron chi connectivity index (χ3n) is 2.17. The van der Waals surface area contributed by atoms with Crippen LogP contribution in [-0.4, -0.2) is 21.5 Å². The van der Waals surface area contributed by atoms with Crippen LogP contribution < -0.4 is 4.90 Å². The Hall–Kier alpha value is -1.84. The van der Waals surface area contributed by atoms with Crippen molar-refractivity contribution in [3.63, 3.8) is 0 Å². The number of hydrogen-bond donors (Lipinski definition) is 1. The first kappa shape index (κ1) is 8.74. The largest absolute Gasteiger partial charge is 0.346 e. The lowest BCUT2D eigenvalue weighted by molar-refractivity contribution is 0.984. The van der Waals surface area contributed by atoms with E-state index in [1.165, 1.54) is 0 Å². The first-order valence-electron chi connectivity index (χ1n) is 4.54. The second-order valence-corrected chi connectivity index (χ2v) is 2.91. The number of anilines is 1. The van der Waals surface area contributed by atoms with E-state index in [2.05, 4.69) is 28.5 Å². The minimum atomic E-state index is 0.848. The number of aromatic amines is 1. The molecule has 2 aromatic rings. The van der Waals surface area contributed by atoms with Crippen LogP contribution in [0.4, 0.5) is 5.82 Å². The molecule has 4 nitrogen and oxygen atoms in total. The Labute approximate surface area is 82.3 Å². The highest BCUT2D eigenvalue weighted by atomic mass is 15.2. The summed E-state index contributed by atoms with van der Waals surface area (Å²) in [6.07, 6.45) is 5.19. The minimum absolute atomic E-state index is 0.848. The third kappa shape index (κ3) is 1.25. The molecule has 0 aromatic carbocycles. The maximum atomic E-state index is 4.24. The Balaban J connectivity index is 2.60. The van der Waals surface area contributed by atoms with Gasteiger partial charge in [-0.1, -0.05) is 6.58 Å². The van der Waals surface area contributed by atoms with Crippen LogP contribution in [0.25, 0.3) is 11.0 Å². The van der Waals surface area contributed by atoms with Crippen molar-refractivity contribution in [1.29, 1.82) is 0 Å². The van der Waals surface area contributed by atoms with Gasteiger partial charge in [-0.2, -0.15) is 0 Å². The van der Waals surface area contributed by atoms with Gasteiger partial charge in [-0.3, -0.25) is 0 Å². The molecule has 0 atom stereocenters. The van der Waals surface area contributed by atoms with Crippen molar-refractivity contribution in [2.45, 2.75) is 6.92 Å². The molecule has 0 aliphatic rings. The lowest BCUT2D eigenvalue weighted by atomic mass is 10.3. The topological polar surface area (TPSA) is 44.8 Å². The summed E-state index contributed by atoms with van der Waals surface area (Å²) in [5, 5.41) is 1.02. The highest BCUT2D eigenvalue weighted by Gasteiger charge is 2.07. The second kappa shape index (κ2) is 3.49. The van der Waals surface area contributed by atoms with Crippen LogP contribution in [0.15, 0.2) is 31.4 Å². The van der Waals surface area contributed by atoms with Gasteiger partial charge in [-0.05, 0) is 19.2 Å². The summed E-state index contributed by atoms with van der Waals surface area (Å²) in [7, 11) is 0. The molecular weight excluding hydrogens is 176 g/mol. The lowest BCUT2D eigenvalue weighted by Crippen LogP contribution is -2.15. The minimum Gasteiger partial charge on any atom is -0.346 e. The summed E-state index contributed by atoms with van der Waals surface area (Å²) < 4.78 is 0. The fourth-order valence-electron chi connectivity index (χ4n) is 1.45. The standard InChI is InChI=1S/C10H12N4/c1-3-14(4-2)10-8-5-6-11-9(8)12-7-13-10/h3,5-7H,1,4H2,2H3,(H,11,12,13). The Morgan fingerprint density at radius 3 is 3.14 bits per heavy atom. The first-order chi connectivity index (χ1) is 6.86. The molecule has 0 radical (unpaired) electrons. The van der Waals surface area contributed by atoms with Crippen LogP contribution in [0.2, 0.25) is 0 Å². The molecule has 2 rings (SSSR count). The molecule has 2 aromatic heterocycles. The zero-order valence-electron chi connectivity index (χ0n) is 8.07. The monoisotopic (exact) mass is 188 g/mol. The average Bonchev–Trinajstić information content (AvgIpc) is 2.68. The van der Waals surface area contributed by atoms with Gasteiger partial charge in [0.05, 0.1) is 5.39 Å². The van der Waals surface area contributed by atoms with Crippen molar-refractivity contribution in [3.8, 4) is 0 Å². The van der Waals surface area contributed by atoms with Gasteiger partial charge in [0.1, 0.15) is 17.8 Å². The predicted molar refractivity (Wildman–Crippen MR) is 57.1 cm³/mol. The Morgan fingerprint density at radius 2 is 2.43 bits per heavy atom. The number of aromatic nitrogens is 3. The highest BCUT2D eigenvalue weighted by molar-refractivity contribution is 5.87. The van der Waals surface area contributed by atoms with Gasteiger partial charge in [0.25, 0.3) is 0 Å². The van der Waals surface area contributed by atoms with Gasteiger partial charge in [-0.15, -0.1) is 0 Å².